The minimum atomic E-state index is -0.962. The van der Waals surface area contributed by atoms with Gasteiger partial charge < -0.3 is 4.74 Å². The number of nitro groups is 1. The van der Waals surface area contributed by atoms with E-state index in [1.165, 1.54) is 4.90 Å². The van der Waals surface area contributed by atoms with Gasteiger partial charge in [0, 0.05) is 11.0 Å². The van der Waals surface area contributed by atoms with Crippen LogP contribution in [0, 0.1) is 10.1 Å². The van der Waals surface area contributed by atoms with E-state index in [9.17, 15) is 14.9 Å². The average Bonchev–Trinajstić information content (AvgIpc) is 2.55. The first-order valence-electron chi connectivity index (χ1n) is 8.72. The number of carbonyl (C=O) groups excluding carboxylic acids is 1. The number of likely N-dealkylation sites (tertiary alicyclic amines) is 1. The fourth-order valence-corrected chi connectivity index (χ4v) is 3.64. The van der Waals surface area contributed by atoms with Crippen LogP contribution in [0.5, 0.6) is 0 Å². The van der Waals surface area contributed by atoms with Crippen LogP contribution in [0.3, 0.4) is 0 Å². The molecule has 3 atom stereocenters. The Morgan fingerprint density at radius 1 is 1.41 bits per heavy atom. The molecule has 27 heavy (non-hydrogen) atoms. The lowest BCUT2D eigenvalue weighted by Crippen LogP contribution is -2.54. The standard InChI is InChI=1S/C19H24Cl2N2O4/c1-5-6-13-10-14(12-7-8-15(20)16(21)9-12)17(23(25)26)11-22(13)18(24)27-19(2,3)4/h5,7-9,13-14,17H,1,6,10-11H2,2-4H3/t13?,14-,17+/m0/s1. The van der Waals surface area contributed by atoms with Crippen LogP contribution in [0.1, 0.15) is 45.1 Å². The average molecular weight is 415 g/mol. The Balaban J connectivity index is 2.35. The van der Waals surface area contributed by atoms with Crippen LogP contribution in [-0.2, 0) is 4.74 Å². The molecule has 1 aromatic rings. The SMILES string of the molecule is C=CCC1C[C@@H](c2ccc(Cl)c(Cl)c2)[C@H]([N+](=O)[O-])CN1C(=O)OC(C)(C)C. The maximum atomic E-state index is 12.6. The van der Waals surface area contributed by atoms with Crippen LogP contribution in [-0.4, -0.2) is 40.1 Å². The molecule has 1 amide bonds. The van der Waals surface area contributed by atoms with Crippen LogP contribution < -0.4 is 0 Å². The molecule has 1 heterocycles. The molecule has 2 rings (SSSR count). The minimum Gasteiger partial charge on any atom is -0.444 e. The fourth-order valence-electron chi connectivity index (χ4n) is 3.33. The predicted octanol–water partition coefficient (Wildman–Crippen LogP) is 5.31. The molecule has 1 aromatic carbocycles. The van der Waals surface area contributed by atoms with Gasteiger partial charge in [0.25, 0.3) is 0 Å². The van der Waals surface area contributed by atoms with E-state index < -0.39 is 23.7 Å². The minimum absolute atomic E-state index is 0.0364. The highest BCUT2D eigenvalue weighted by atomic mass is 35.5. The number of amides is 1. The van der Waals surface area contributed by atoms with E-state index in [1.807, 2.05) is 0 Å². The smallest absolute Gasteiger partial charge is 0.410 e. The highest BCUT2D eigenvalue weighted by Gasteiger charge is 2.45. The number of nitrogens with zero attached hydrogens (tertiary/aromatic N) is 2. The molecule has 1 aliphatic rings. The first-order valence-corrected chi connectivity index (χ1v) is 9.48. The van der Waals surface area contributed by atoms with Crippen molar-refractivity contribution in [3.63, 3.8) is 0 Å². The Kier molecular flexibility index (Phi) is 6.76. The third-order valence-electron chi connectivity index (χ3n) is 4.52. The maximum absolute atomic E-state index is 12.6. The molecule has 6 nitrogen and oxygen atoms in total. The molecular formula is C19H24Cl2N2O4. The van der Waals surface area contributed by atoms with Gasteiger partial charge in [0.05, 0.1) is 22.5 Å². The number of piperidine rings is 1. The third kappa shape index (κ3) is 5.36. The summed E-state index contributed by atoms with van der Waals surface area (Å²) in [6.07, 6.45) is 2.09. The molecule has 148 valence electrons. The predicted molar refractivity (Wildman–Crippen MR) is 106 cm³/mol. The van der Waals surface area contributed by atoms with Gasteiger partial charge in [-0.15, -0.1) is 6.58 Å². The van der Waals surface area contributed by atoms with Gasteiger partial charge in [0.1, 0.15) is 5.60 Å². The summed E-state index contributed by atoms with van der Waals surface area (Å²) in [7, 11) is 0. The molecule has 8 heteroatoms. The van der Waals surface area contributed by atoms with Crippen molar-refractivity contribution < 1.29 is 14.5 Å². The number of benzene rings is 1. The summed E-state index contributed by atoms with van der Waals surface area (Å²) in [5, 5.41) is 12.5. The second-order valence-corrected chi connectivity index (χ2v) is 8.49. The van der Waals surface area contributed by atoms with Crippen LogP contribution in [0.25, 0.3) is 0 Å². The van der Waals surface area contributed by atoms with Crippen LogP contribution in [0.2, 0.25) is 10.0 Å². The van der Waals surface area contributed by atoms with Gasteiger partial charge >= 0.3 is 6.09 Å². The number of ether oxygens (including phenoxy) is 1. The number of rotatable bonds is 4. The summed E-state index contributed by atoms with van der Waals surface area (Å²) in [6, 6.07) is 3.85. The zero-order valence-electron chi connectivity index (χ0n) is 15.7. The number of carbonyl (C=O) groups is 1. The fraction of sp³-hybridized carbons (Fsp3) is 0.526. The van der Waals surface area contributed by atoms with Gasteiger partial charge in [-0.25, -0.2) is 4.79 Å². The molecule has 1 unspecified atom stereocenters. The Morgan fingerprint density at radius 2 is 2.07 bits per heavy atom. The van der Waals surface area contributed by atoms with Crippen molar-refractivity contribution in [1.82, 2.24) is 4.90 Å². The topological polar surface area (TPSA) is 72.7 Å². The number of halogens is 2. The Hall–Kier alpha value is -1.79. The summed E-state index contributed by atoms with van der Waals surface area (Å²) >= 11 is 12.1. The Morgan fingerprint density at radius 3 is 2.59 bits per heavy atom. The van der Waals surface area contributed by atoms with E-state index in [-0.39, 0.29) is 17.5 Å². The van der Waals surface area contributed by atoms with Crippen molar-refractivity contribution in [1.29, 1.82) is 0 Å². The summed E-state index contributed by atoms with van der Waals surface area (Å²) in [6.45, 7) is 9.01. The van der Waals surface area contributed by atoms with Crippen molar-refractivity contribution in [2.24, 2.45) is 0 Å². The van der Waals surface area contributed by atoms with E-state index in [0.29, 0.717) is 22.9 Å². The van der Waals surface area contributed by atoms with Gasteiger partial charge in [0.2, 0.25) is 6.04 Å². The molecule has 0 aromatic heterocycles. The molecule has 0 aliphatic carbocycles. The van der Waals surface area contributed by atoms with E-state index >= 15 is 0 Å². The maximum Gasteiger partial charge on any atom is 0.410 e. The largest absolute Gasteiger partial charge is 0.444 e. The van der Waals surface area contributed by atoms with Crippen LogP contribution in [0.15, 0.2) is 30.9 Å². The van der Waals surface area contributed by atoms with Gasteiger partial charge in [-0.1, -0.05) is 35.3 Å². The highest BCUT2D eigenvalue weighted by Crippen LogP contribution is 2.37. The van der Waals surface area contributed by atoms with Crippen molar-refractivity contribution in [3.05, 3.63) is 56.6 Å². The van der Waals surface area contributed by atoms with Crippen molar-refractivity contribution in [2.75, 3.05) is 6.54 Å². The summed E-state index contributed by atoms with van der Waals surface area (Å²) < 4.78 is 5.45. The highest BCUT2D eigenvalue weighted by molar-refractivity contribution is 6.42. The molecular weight excluding hydrogens is 391 g/mol. The second-order valence-electron chi connectivity index (χ2n) is 7.68. The van der Waals surface area contributed by atoms with Crippen molar-refractivity contribution in [3.8, 4) is 0 Å². The lowest BCUT2D eigenvalue weighted by molar-refractivity contribution is -0.530. The third-order valence-corrected chi connectivity index (χ3v) is 5.26. The summed E-state index contributed by atoms with van der Waals surface area (Å²) in [5.41, 5.74) is 0.0597. The monoisotopic (exact) mass is 414 g/mol. The first kappa shape index (κ1) is 21.5. The zero-order valence-corrected chi connectivity index (χ0v) is 17.2. The summed E-state index contributed by atoms with van der Waals surface area (Å²) in [4.78, 5) is 25.5. The first-order chi connectivity index (χ1) is 12.5. The van der Waals surface area contributed by atoms with Gasteiger partial charge in [-0.05, 0) is 51.3 Å². The van der Waals surface area contributed by atoms with E-state index in [2.05, 4.69) is 6.58 Å². The van der Waals surface area contributed by atoms with Crippen molar-refractivity contribution in [2.45, 2.75) is 57.2 Å². The van der Waals surface area contributed by atoms with Crippen LogP contribution in [0.4, 0.5) is 4.79 Å². The summed E-state index contributed by atoms with van der Waals surface area (Å²) in [5.74, 6) is -0.390. The van der Waals surface area contributed by atoms with E-state index in [4.69, 9.17) is 27.9 Å². The van der Waals surface area contributed by atoms with Gasteiger partial charge in [0.15, 0.2) is 0 Å². The van der Waals surface area contributed by atoms with Gasteiger partial charge in [-0.2, -0.15) is 0 Å². The molecule has 0 bridgehead atoms. The second kappa shape index (κ2) is 8.48. The quantitative estimate of drug-likeness (QED) is 0.380. The van der Waals surface area contributed by atoms with E-state index in [1.54, 1.807) is 45.0 Å². The molecule has 0 spiro atoms. The normalized spacial score (nSPS) is 23.0. The Labute approximate surface area is 169 Å². The van der Waals surface area contributed by atoms with E-state index in [0.717, 1.165) is 5.56 Å². The number of hydrogen-bond donors (Lipinski definition) is 0. The van der Waals surface area contributed by atoms with Crippen molar-refractivity contribution >= 4 is 29.3 Å². The Bertz CT molecular complexity index is 733. The molecule has 0 saturated carbocycles. The van der Waals surface area contributed by atoms with Crippen LogP contribution >= 0.6 is 23.2 Å². The molecule has 1 saturated heterocycles. The molecule has 1 fully saturated rings. The molecule has 0 N–H and O–H groups in total. The lowest BCUT2D eigenvalue weighted by atomic mass is 9.81. The van der Waals surface area contributed by atoms with Gasteiger partial charge in [-0.3, -0.25) is 15.0 Å². The lowest BCUT2D eigenvalue weighted by Gasteiger charge is -2.40. The molecule has 0 radical (unpaired) electrons. The zero-order chi connectivity index (χ0) is 20.4. The molecule has 1 aliphatic heterocycles. The number of hydrogen-bond acceptors (Lipinski definition) is 4.